The van der Waals surface area contributed by atoms with Crippen LogP contribution in [0.1, 0.15) is 87.0 Å². The first-order valence-corrected chi connectivity index (χ1v) is 8.50. The minimum absolute atomic E-state index is 0. The van der Waals surface area contributed by atoms with Crippen molar-refractivity contribution in [2.45, 2.75) is 92.4 Å². The van der Waals surface area contributed by atoms with Gasteiger partial charge in [-0.05, 0) is 12.8 Å². The van der Waals surface area contributed by atoms with Gasteiger partial charge in [0, 0.05) is 29.3 Å². The Labute approximate surface area is 144 Å². The zero-order valence-corrected chi connectivity index (χ0v) is 17.9. The molecular formula is C16H35NSSn. The van der Waals surface area contributed by atoms with E-state index in [1.165, 1.54) is 38.5 Å². The number of thioether (sulfide) groups is 1. The maximum Gasteiger partial charge on any atom is 0.106 e. The van der Waals surface area contributed by atoms with Crippen LogP contribution in [0, 0.1) is 0 Å². The van der Waals surface area contributed by atoms with E-state index in [1.807, 2.05) is 12.3 Å². The summed E-state index contributed by atoms with van der Waals surface area (Å²) in [5, 5.41) is 2.30. The van der Waals surface area contributed by atoms with Gasteiger partial charge < -0.3 is 0 Å². The van der Waals surface area contributed by atoms with Crippen molar-refractivity contribution in [1.82, 2.24) is 0 Å². The largest absolute Gasteiger partial charge is 0.228 e. The fraction of sp³-hybridized carbons (Fsp3) is 0.875. The number of hydrogen-bond acceptors (Lipinski definition) is 2. The van der Waals surface area contributed by atoms with Crippen LogP contribution in [0.15, 0.2) is 10.4 Å². The monoisotopic (exact) mass is 393 g/mol. The molecule has 0 aromatic carbocycles. The molecule has 1 rings (SSSR count). The van der Waals surface area contributed by atoms with Gasteiger partial charge in [-0.3, -0.25) is 0 Å². The summed E-state index contributed by atoms with van der Waals surface area (Å²) in [6, 6.07) is 0. The molecule has 1 aliphatic heterocycles. The van der Waals surface area contributed by atoms with E-state index in [9.17, 15) is 0 Å². The predicted molar refractivity (Wildman–Crippen MR) is 96.6 cm³/mol. The molecular weight excluding hydrogens is 357 g/mol. The number of unbranched alkanes of at least 4 members (excludes halogenated alkanes) is 3. The summed E-state index contributed by atoms with van der Waals surface area (Å²) in [5.41, 5.74) is 0. The quantitative estimate of drug-likeness (QED) is 0.514. The van der Waals surface area contributed by atoms with Crippen LogP contribution in [-0.4, -0.2) is 35.2 Å². The number of hydrogen-bond donors (Lipinski definition) is 0. The van der Waals surface area contributed by atoms with Gasteiger partial charge in [-0.25, -0.2) is 4.99 Å². The first kappa shape index (κ1) is 27.9. The van der Waals surface area contributed by atoms with Gasteiger partial charge in [0.05, 0.1) is 0 Å². The van der Waals surface area contributed by atoms with Crippen LogP contribution >= 0.6 is 11.8 Å². The van der Waals surface area contributed by atoms with E-state index in [4.69, 9.17) is 0 Å². The summed E-state index contributed by atoms with van der Waals surface area (Å²) in [6.07, 6.45) is 7.92. The average molecular weight is 392 g/mol. The zero-order chi connectivity index (χ0) is 14.6. The van der Waals surface area contributed by atoms with Gasteiger partial charge in [0.15, 0.2) is 0 Å². The third-order valence-corrected chi connectivity index (χ3v) is 2.81. The molecule has 1 nitrogen and oxygen atoms in total. The van der Waals surface area contributed by atoms with Crippen molar-refractivity contribution in [2.75, 3.05) is 0 Å². The summed E-state index contributed by atoms with van der Waals surface area (Å²) < 4.78 is 0. The standard InChI is InChI=1S/C4H5NS.3C4H10.Sn/c1-4-5-2-3-6-4;3*1-3-4-2;/h3-4H,1H3;3*3-4H2,1-2H3;. The van der Waals surface area contributed by atoms with Crippen molar-refractivity contribution < 1.29 is 0 Å². The molecule has 0 saturated heterocycles. The minimum atomic E-state index is 0. The molecule has 0 aromatic heterocycles. The van der Waals surface area contributed by atoms with Crippen LogP contribution in [0.25, 0.3) is 0 Å². The summed E-state index contributed by atoms with van der Waals surface area (Å²) in [5.74, 6) is 2.73. The van der Waals surface area contributed by atoms with Crippen LogP contribution < -0.4 is 0 Å². The first-order valence-electron chi connectivity index (χ1n) is 7.56. The SMILES string of the molecule is CC1N=C=CS1.CCCC.CCCC.CCCC.[Sn]. The molecule has 0 aliphatic carbocycles. The Morgan fingerprint density at radius 1 is 0.842 bits per heavy atom. The maximum absolute atomic E-state index is 3.89. The second-order valence-corrected chi connectivity index (χ2v) is 5.30. The van der Waals surface area contributed by atoms with Gasteiger partial charge in [-0.15, -0.1) is 0 Å². The molecule has 114 valence electrons. The fourth-order valence-electron chi connectivity index (χ4n) is 0.295. The van der Waals surface area contributed by atoms with E-state index in [0.717, 1.165) is 0 Å². The number of rotatable bonds is 3. The number of aliphatic imine (C=N–C) groups is 1. The Kier molecular flexibility index (Phi) is 45.7. The molecule has 1 aliphatic rings. The number of nitrogens with zero attached hydrogens (tertiary/aromatic N) is 1. The summed E-state index contributed by atoms with van der Waals surface area (Å²) >= 11 is 1.69. The van der Waals surface area contributed by atoms with Crippen LogP contribution in [0.2, 0.25) is 0 Å². The summed E-state index contributed by atoms with van der Waals surface area (Å²) in [4.78, 5) is 3.89. The molecule has 0 aromatic rings. The summed E-state index contributed by atoms with van der Waals surface area (Å²) in [7, 11) is 0. The molecule has 0 N–H and O–H groups in total. The van der Waals surface area contributed by atoms with Crippen LogP contribution in [0.4, 0.5) is 0 Å². The third-order valence-electron chi connectivity index (χ3n) is 2.07. The van der Waals surface area contributed by atoms with E-state index < -0.39 is 0 Å². The smallest absolute Gasteiger partial charge is 0.106 e. The average Bonchev–Trinajstić information content (AvgIpc) is 2.90. The van der Waals surface area contributed by atoms with Crippen LogP contribution in [-0.2, 0) is 0 Å². The second kappa shape index (κ2) is 31.1. The zero-order valence-electron chi connectivity index (χ0n) is 14.3. The molecule has 0 fully saturated rings. The fourth-order valence-corrected chi connectivity index (χ4v) is 0.735. The van der Waals surface area contributed by atoms with Crippen molar-refractivity contribution >= 4 is 41.5 Å². The minimum Gasteiger partial charge on any atom is -0.228 e. The normalized spacial score (nSPS) is 13.9. The molecule has 19 heavy (non-hydrogen) atoms. The van der Waals surface area contributed by atoms with Gasteiger partial charge in [-0.1, -0.05) is 91.8 Å². The molecule has 1 atom stereocenters. The first-order chi connectivity index (χ1) is 8.64. The molecule has 1 heterocycles. The topological polar surface area (TPSA) is 12.4 Å². The van der Waals surface area contributed by atoms with Gasteiger partial charge >= 0.3 is 0 Å². The Bertz CT molecular complexity index is 162. The van der Waals surface area contributed by atoms with Gasteiger partial charge in [0.1, 0.15) is 5.37 Å². The Balaban J connectivity index is -0.0000000796. The molecule has 0 spiro atoms. The van der Waals surface area contributed by atoms with E-state index >= 15 is 0 Å². The summed E-state index contributed by atoms with van der Waals surface area (Å²) in [6.45, 7) is 15.1. The molecule has 0 bridgehead atoms. The van der Waals surface area contributed by atoms with E-state index in [0.29, 0.717) is 5.37 Å². The molecule has 0 saturated carbocycles. The van der Waals surface area contributed by atoms with E-state index in [2.05, 4.69) is 52.4 Å². The van der Waals surface area contributed by atoms with Crippen LogP contribution in [0.3, 0.4) is 0 Å². The molecule has 0 amide bonds. The Morgan fingerprint density at radius 2 is 1.16 bits per heavy atom. The van der Waals surface area contributed by atoms with Crippen LogP contribution in [0.5, 0.6) is 0 Å². The second-order valence-electron chi connectivity index (χ2n) is 4.11. The van der Waals surface area contributed by atoms with Crippen molar-refractivity contribution in [3.05, 3.63) is 5.41 Å². The Hall–Kier alpha value is 0.599. The Morgan fingerprint density at radius 3 is 1.21 bits per heavy atom. The van der Waals surface area contributed by atoms with Gasteiger partial charge in [0.2, 0.25) is 0 Å². The van der Waals surface area contributed by atoms with Crippen molar-refractivity contribution in [3.63, 3.8) is 0 Å². The van der Waals surface area contributed by atoms with Gasteiger partial charge in [0.25, 0.3) is 0 Å². The predicted octanol–water partition coefficient (Wildman–Crippen LogP) is 6.30. The van der Waals surface area contributed by atoms with Crippen molar-refractivity contribution in [1.29, 1.82) is 0 Å². The van der Waals surface area contributed by atoms with Gasteiger partial charge in [-0.2, -0.15) is 0 Å². The van der Waals surface area contributed by atoms with Crippen molar-refractivity contribution in [2.24, 2.45) is 4.99 Å². The third kappa shape index (κ3) is 45.6. The van der Waals surface area contributed by atoms with E-state index in [1.54, 1.807) is 11.8 Å². The van der Waals surface area contributed by atoms with Crippen molar-refractivity contribution in [3.8, 4) is 0 Å². The van der Waals surface area contributed by atoms with E-state index in [-0.39, 0.29) is 23.9 Å². The maximum atomic E-state index is 3.89. The molecule has 3 heteroatoms. The molecule has 4 radical (unpaired) electrons. The molecule has 1 unspecified atom stereocenters.